The van der Waals surface area contributed by atoms with E-state index >= 15 is 0 Å². The SMILES string of the molecule is CCc1ccc([C@H]([NH2+][C@@H](C)C(=O)Nc2ccc([N+](=O)[O-])cc2OC)C(C)C)cc1. The second kappa shape index (κ2) is 10.0. The monoisotopic (exact) mass is 400 g/mol. The van der Waals surface area contributed by atoms with Crippen LogP contribution in [0.5, 0.6) is 5.75 Å². The molecule has 3 N–H and O–H groups in total. The molecule has 0 saturated heterocycles. The Labute approximate surface area is 171 Å². The largest absolute Gasteiger partial charge is 0.494 e. The van der Waals surface area contributed by atoms with Crippen molar-refractivity contribution in [3.63, 3.8) is 0 Å². The highest BCUT2D eigenvalue weighted by atomic mass is 16.6. The molecule has 156 valence electrons. The first kappa shape index (κ1) is 22.4. The van der Waals surface area contributed by atoms with Crippen LogP contribution in [0.15, 0.2) is 42.5 Å². The fraction of sp³-hybridized carbons (Fsp3) is 0.409. The zero-order chi connectivity index (χ0) is 21.6. The molecule has 7 nitrogen and oxygen atoms in total. The number of ether oxygens (including phenoxy) is 1. The molecule has 0 aromatic heterocycles. The molecule has 0 aliphatic rings. The second-order valence-electron chi connectivity index (χ2n) is 7.48. The lowest BCUT2D eigenvalue weighted by atomic mass is 9.94. The number of rotatable bonds is 9. The van der Waals surface area contributed by atoms with Crippen molar-refractivity contribution in [2.24, 2.45) is 5.92 Å². The molecular formula is C22H30N3O4+. The van der Waals surface area contributed by atoms with Gasteiger partial charge < -0.3 is 15.4 Å². The molecule has 0 radical (unpaired) electrons. The number of nitro benzene ring substituents is 1. The topological polar surface area (TPSA) is 98.1 Å². The summed E-state index contributed by atoms with van der Waals surface area (Å²) in [5.74, 6) is 0.412. The third kappa shape index (κ3) is 5.77. The van der Waals surface area contributed by atoms with Crippen molar-refractivity contribution in [1.29, 1.82) is 0 Å². The average Bonchev–Trinajstić information content (AvgIpc) is 2.71. The van der Waals surface area contributed by atoms with E-state index in [2.05, 4.69) is 55.7 Å². The summed E-state index contributed by atoms with van der Waals surface area (Å²) in [6, 6.07) is 12.4. The molecule has 0 unspecified atom stereocenters. The Bertz CT molecular complexity index is 850. The molecule has 0 bridgehead atoms. The lowest BCUT2D eigenvalue weighted by Crippen LogP contribution is -2.93. The summed E-state index contributed by atoms with van der Waals surface area (Å²) >= 11 is 0. The molecule has 0 aliphatic carbocycles. The van der Waals surface area contributed by atoms with E-state index < -0.39 is 4.92 Å². The maximum atomic E-state index is 12.8. The number of non-ortho nitro benzene ring substituents is 1. The maximum absolute atomic E-state index is 12.8. The van der Waals surface area contributed by atoms with Gasteiger partial charge in [-0.2, -0.15) is 0 Å². The summed E-state index contributed by atoms with van der Waals surface area (Å²) in [4.78, 5) is 23.2. The van der Waals surface area contributed by atoms with Crippen LogP contribution in [-0.2, 0) is 11.2 Å². The van der Waals surface area contributed by atoms with Gasteiger partial charge in [0.1, 0.15) is 11.8 Å². The number of aryl methyl sites for hydroxylation is 1. The van der Waals surface area contributed by atoms with Gasteiger partial charge in [-0.3, -0.25) is 14.9 Å². The Hall–Kier alpha value is -2.93. The summed E-state index contributed by atoms with van der Waals surface area (Å²) in [5, 5.41) is 15.8. The smallest absolute Gasteiger partial charge is 0.282 e. The van der Waals surface area contributed by atoms with E-state index in [9.17, 15) is 14.9 Å². The highest BCUT2D eigenvalue weighted by Crippen LogP contribution is 2.29. The highest BCUT2D eigenvalue weighted by molar-refractivity contribution is 5.95. The number of anilines is 1. The predicted octanol–water partition coefficient (Wildman–Crippen LogP) is 3.45. The van der Waals surface area contributed by atoms with Crippen LogP contribution >= 0.6 is 0 Å². The van der Waals surface area contributed by atoms with Gasteiger partial charge >= 0.3 is 0 Å². The minimum Gasteiger partial charge on any atom is -0.494 e. The average molecular weight is 400 g/mol. The van der Waals surface area contributed by atoms with Crippen molar-refractivity contribution in [1.82, 2.24) is 0 Å². The normalized spacial score (nSPS) is 13.0. The Morgan fingerprint density at radius 2 is 1.83 bits per heavy atom. The van der Waals surface area contributed by atoms with Gasteiger partial charge in [-0.1, -0.05) is 45.0 Å². The van der Waals surface area contributed by atoms with Gasteiger partial charge in [0.25, 0.3) is 11.6 Å². The fourth-order valence-electron chi connectivity index (χ4n) is 3.24. The first-order valence-corrected chi connectivity index (χ1v) is 9.83. The van der Waals surface area contributed by atoms with E-state index in [0.717, 1.165) is 6.42 Å². The van der Waals surface area contributed by atoms with Crippen LogP contribution in [0.2, 0.25) is 0 Å². The number of hydrogen-bond acceptors (Lipinski definition) is 4. The number of amides is 1. The summed E-state index contributed by atoms with van der Waals surface area (Å²) < 4.78 is 5.20. The minimum absolute atomic E-state index is 0.0881. The molecular weight excluding hydrogens is 370 g/mol. The van der Waals surface area contributed by atoms with Gasteiger partial charge in [-0.25, -0.2) is 0 Å². The van der Waals surface area contributed by atoms with Gasteiger partial charge in [-0.05, 0) is 25.0 Å². The van der Waals surface area contributed by atoms with E-state index in [1.807, 2.05) is 6.92 Å². The van der Waals surface area contributed by atoms with Crippen molar-refractivity contribution >= 4 is 17.3 Å². The molecule has 0 spiro atoms. The molecule has 0 saturated carbocycles. The Morgan fingerprint density at radius 1 is 1.17 bits per heavy atom. The molecule has 0 aliphatic heterocycles. The third-order valence-electron chi connectivity index (χ3n) is 5.05. The number of methoxy groups -OCH3 is 1. The van der Waals surface area contributed by atoms with Crippen molar-refractivity contribution in [2.75, 3.05) is 12.4 Å². The molecule has 0 fully saturated rings. The summed E-state index contributed by atoms with van der Waals surface area (Å²) in [6.07, 6.45) is 0.992. The first-order valence-electron chi connectivity index (χ1n) is 9.83. The number of nitrogens with two attached hydrogens (primary N) is 1. The Morgan fingerprint density at radius 3 is 2.34 bits per heavy atom. The molecule has 2 atom stereocenters. The molecule has 0 heterocycles. The molecule has 29 heavy (non-hydrogen) atoms. The molecule has 1 amide bonds. The minimum atomic E-state index is -0.498. The van der Waals surface area contributed by atoms with Crippen LogP contribution in [0.25, 0.3) is 0 Å². The van der Waals surface area contributed by atoms with E-state index in [-0.39, 0.29) is 29.4 Å². The number of nitro groups is 1. The Kier molecular flexibility index (Phi) is 7.73. The molecule has 7 heteroatoms. The number of carbonyl (C=O) groups excluding carboxylic acids is 1. The lowest BCUT2D eigenvalue weighted by Gasteiger charge is -2.23. The van der Waals surface area contributed by atoms with Gasteiger partial charge in [0.2, 0.25) is 0 Å². The summed E-state index contributed by atoms with van der Waals surface area (Å²) in [6.45, 7) is 8.25. The number of nitrogens with zero attached hydrogens (tertiary/aromatic N) is 1. The number of quaternary nitrogens is 1. The standard InChI is InChI=1S/C22H29N3O4/c1-6-16-7-9-17(10-8-16)21(14(2)3)23-15(4)22(26)24-19-12-11-18(25(27)28)13-20(19)29-5/h7-15,21,23H,6H2,1-5H3,(H,24,26)/p+1/t15-,21+/m0/s1. The van der Waals surface area contributed by atoms with Crippen LogP contribution < -0.4 is 15.4 Å². The van der Waals surface area contributed by atoms with Crippen molar-refractivity contribution < 1.29 is 19.8 Å². The van der Waals surface area contributed by atoms with Gasteiger partial charge in [0.15, 0.2) is 6.04 Å². The first-order chi connectivity index (χ1) is 13.8. The highest BCUT2D eigenvalue weighted by Gasteiger charge is 2.26. The maximum Gasteiger partial charge on any atom is 0.282 e. The van der Waals surface area contributed by atoms with E-state index in [4.69, 9.17) is 4.74 Å². The molecule has 2 aromatic carbocycles. The fourth-order valence-corrected chi connectivity index (χ4v) is 3.24. The van der Waals surface area contributed by atoms with E-state index in [1.165, 1.54) is 36.4 Å². The van der Waals surface area contributed by atoms with Crippen molar-refractivity contribution in [3.8, 4) is 5.75 Å². The van der Waals surface area contributed by atoms with Crippen LogP contribution in [0.4, 0.5) is 11.4 Å². The van der Waals surface area contributed by atoms with Crippen molar-refractivity contribution in [2.45, 2.75) is 46.2 Å². The van der Waals surface area contributed by atoms with Crippen LogP contribution in [-0.4, -0.2) is 24.0 Å². The molecule has 2 rings (SSSR count). The van der Waals surface area contributed by atoms with Gasteiger partial charge in [0.05, 0.1) is 23.8 Å². The number of carbonyl (C=O) groups is 1. The quantitative estimate of drug-likeness (QED) is 0.497. The zero-order valence-corrected chi connectivity index (χ0v) is 17.6. The second-order valence-corrected chi connectivity index (χ2v) is 7.48. The summed E-state index contributed by atoms with van der Waals surface area (Å²) in [7, 11) is 1.42. The van der Waals surface area contributed by atoms with Crippen molar-refractivity contribution in [3.05, 3.63) is 63.7 Å². The number of nitrogens with one attached hydrogen (secondary N) is 1. The summed E-state index contributed by atoms with van der Waals surface area (Å²) in [5.41, 5.74) is 2.80. The van der Waals surface area contributed by atoms with Crippen LogP contribution in [0.3, 0.4) is 0 Å². The number of benzene rings is 2. The van der Waals surface area contributed by atoms with E-state index in [1.54, 1.807) is 0 Å². The van der Waals surface area contributed by atoms with Gasteiger partial charge in [-0.15, -0.1) is 0 Å². The van der Waals surface area contributed by atoms with Crippen LogP contribution in [0.1, 0.15) is 44.9 Å². The Balaban J connectivity index is 2.12. The third-order valence-corrected chi connectivity index (χ3v) is 5.05. The molecule has 2 aromatic rings. The van der Waals surface area contributed by atoms with Gasteiger partial charge in [0, 0.05) is 17.5 Å². The number of hydrogen-bond donors (Lipinski definition) is 2. The predicted molar refractivity (Wildman–Crippen MR) is 113 cm³/mol. The lowest BCUT2D eigenvalue weighted by molar-refractivity contribution is -0.718. The zero-order valence-electron chi connectivity index (χ0n) is 17.6. The van der Waals surface area contributed by atoms with Crippen LogP contribution in [0, 0.1) is 16.0 Å². The van der Waals surface area contributed by atoms with E-state index in [0.29, 0.717) is 11.6 Å².